The van der Waals surface area contributed by atoms with Crippen LogP contribution in [0.1, 0.15) is 15.3 Å². The van der Waals surface area contributed by atoms with Gasteiger partial charge in [0.25, 0.3) is 0 Å². The highest BCUT2D eigenvalue weighted by atomic mass is 32.1. The summed E-state index contributed by atoms with van der Waals surface area (Å²) in [6.07, 6.45) is 1.67. The van der Waals surface area contributed by atoms with Gasteiger partial charge in [0.2, 0.25) is 5.13 Å². The summed E-state index contributed by atoms with van der Waals surface area (Å²) >= 11 is 3.05. The topological polar surface area (TPSA) is 111 Å². The van der Waals surface area contributed by atoms with Gasteiger partial charge in [0, 0.05) is 31.7 Å². The Kier molecular flexibility index (Phi) is 5.53. The van der Waals surface area contributed by atoms with Gasteiger partial charge in [-0.15, -0.1) is 16.4 Å². The first kappa shape index (κ1) is 23.4. The SMILES string of the molecule is Cc1cc(-c2nc(NN=Cc3cc4ccccc4n4nnnc34)sc2-c2cc3ccccc3oc2=O)c(C)s1. The molecule has 0 radical (unpaired) electrons. The van der Waals surface area contributed by atoms with Gasteiger partial charge >= 0.3 is 5.63 Å². The molecule has 7 rings (SSSR count). The number of thiophene rings is 1. The fourth-order valence-corrected chi connectivity index (χ4v) is 6.49. The van der Waals surface area contributed by atoms with Crippen molar-refractivity contribution in [3.63, 3.8) is 0 Å². The van der Waals surface area contributed by atoms with E-state index in [9.17, 15) is 4.79 Å². The van der Waals surface area contributed by atoms with Crippen molar-refractivity contribution in [2.75, 3.05) is 5.43 Å². The maximum Gasteiger partial charge on any atom is 0.345 e. The average molecular weight is 550 g/mol. The summed E-state index contributed by atoms with van der Waals surface area (Å²) in [6, 6.07) is 21.3. The lowest BCUT2D eigenvalue weighted by molar-refractivity contribution is 0.564. The van der Waals surface area contributed by atoms with Crippen LogP contribution in [0.3, 0.4) is 0 Å². The molecule has 9 nitrogen and oxygen atoms in total. The Labute approximate surface area is 229 Å². The van der Waals surface area contributed by atoms with Crippen molar-refractivity contribution < 1.29 is 4.42 Å². The first-order valence-electron chi connectivity index (χ1n) is 12.1. The molecule has 0 fully saturated rings. The zero-order chi connectivity index (χ0) is 26.5. The Bertz CT molecular complexity index is 2120. The highest BCUT2D eigenvalue weighted by molar-refractivity contribution is 7.19. The fraction of sp³-hybridized carbons (Fsp3) is 0.0714. The third kappa shape index (κ3) is 4.08. The van der Waals surface area contributed by atoms with E-state index < -0.39 is 5.63 Å². The molecule has 0 unspecified atom stereocenters. The lowest BCUT2D eigenvalue weighted by atomic mass is 10.1. The van der Waals surface area contributed by atoms with Gasteiger partial charge in [0.15, 0.2) is 5.65 Å². The van der Waals surface area contributed by atoms with Gasteiger partial charge in [-0.1, -0.05) is 47.7 Å². The molecular weight excluding hydrogens is 530 g/mol. The number of thiazole rings is 1. The molecule has 0 saturated carbocycles. The average Bonchev–Trinajstić information content (AvgIpc) is 3.67. The summed E-state index contributed by atoms with van der Waals surface area (Å²) in [4.78, 5) is 20.9. The molecule has 0 aliphatic heterocycles. The predicted molar refractivity (Wildman–Crippen MR) is 156 cm³/mol. The van der Waals surface area contributed by atoms with Crippen molar-refractivity contribution in [3.8, 4) is 21.7 Å². The molecule has 0 aliphatic rings. The zero-order valence-corrected chi connectivity index (χ0v) is 22.4. The van der Waals surface area contributed by atoms with E-state index in [1.807, 2.05) is 54.6 Å². The van der Waals surface area contributed by atoms with E-state index in [1.165, 1.54) is 16.2 Å². The number of aryl methyl sites for hydroxylation is 2. The second kappa shape index (κ2) is 9.22. The zero-order valence-electron chi connectivity index (χ0n) is 20.7. The van der Waals surface area contributed by atoms with Crippen LogP contribution in [0.25, 0.3) is 49.2 Å². The number of hydrogen-bond donors (Lipinski definition) is 1. The Morgan fingerprint density at radius 3 is 2.64 bits per heavy atom. The van der Waals surface area contributed by atoms with Crippen molar-refractivity contribution in [2.45, 2.75) is 13.8 Å². The summed E-state index contributed by atoms with van der Waals surface area (Å²) in [5, 5.41) is 19.0. The molecule has 7 aromatic rings. The number of nitrogens with one attached hydrogen (secondary N) is 1. The number of aromatic nitrogens is 5. The molecule has 2 aromatic carbocycles. The molecule has 0 spiro atoms. The molecule has 11 heteroatoms. The van der Waals surface area contributed by atoms with Crippen molar-refractivity contribution in [1.29, 1.82) is 0 Å². The second-order valence-electron chi connectivity index (χ2n) is 8.95. The van der Waals surface area contributed by atoms with Crippen LogP contribution < -0.4 is 11.1 Å². The number of fused-ring (bicyclic) bond motifs is 4. The number of benzene rings is 2. The van der Waals surface area contributed by atoms with E-state index in [2.05, 4.69) is 46.0 Å². The van der Waals surface area contributed by atoms with Crippen molar-refractivity contribution >= 4 is 61.5 Å². The molecule has 190 valence electrons. The van der Waals surface area contributed by atoms with Crippen LogP contribution in [-0.4, -0.2) is 31.2 Å². The normalized spacial score (nSPS) is 11.8. The monoisotopic (exact) mass is 549 g/mol. The van der Waals surface area contributed by atoms with E-state index in [0.29, 0.717) is 21.9 Å². The fourth-order valence-electron chi connectivity index (χ4n) is 4.64. The minimum Gasteiger partial charge on any atom is -0.422 e. The summed E-state index contributed by atoms with van der Waals surface area (Å²) in [5.41, 5.74) is 7.62. The summed E-state index contributed by atoms with van der Waals surface area (Å²) < 4.78 is 7.34. The number of pyridine rings is 1. The lowest BCUT2D eigenvalue weighted by Gasteiger charge is -2.03. The van der Waals surface area contributed by atoms with Crippen LogP contribution in [0, 0.1) is 13.8 Å². The third-order valence-corrected chi connectivity index (χ3v) is 8.34. The first-order chi connectivity index (χ1) is 19.0. The van der Waals surface area contributed by atoms with Gasteiger partial charge in [-0.25, -0.2) is 9.78 Å². The molecule has 0 amide bonds. The van der Waals surface area contributed by atoms with E-state index in [-0.39, 0.29) is 0 Å². The highest BCUT2D eigenvalue weighted by Gasteiger charge is 2.21. The second-order valence-corrected chi connectivity index (χ2v) is 11.4. The number of nitrogens with zero attached hydrogens (tertiary/aromatic N) is 6. The van der Waals surface area contributed by atoms with Gasteiger partial charge in [-0.2, -0.15) is 9.62 Å². The molecule has 39 heavy (non-hydrogen) atoms. The molecule has 0 aliphatic carbocycles. The predicted octanol–water partition coefficient (Wildman–Crippen LogP) is 6.30. The van der Waals surface area contributed by atoms with Crippen LogP contribution in [0.15, 0.2) is 81.0 Å². The Morgan fingerprint density at radius 1 is 0.974 bits per heavy atom. The summed E-state index contributed by atoms with van der Waals surface area (Å²) in [5.74, 6) is 0. The smallest absolute Gasteiger partial charge is 0.345 e. The standard InChI is InChI=1S/C28H19N7O2S2/c1-15-11-20(16(2)38-15)24-25(21-13-18-8-4-6-10-23(18)37-27(21)36)39-28(30-24)32-29-14-19-12-17-7-3-5-9-22(17)35-26(19)31-33-34-35/h3-14H,1-2H3,(H,30,32). The Hall–Kier alpha value is -4.74. The van der Waals surface area contributed by atoms with Gasteiger partial charge in [-0.3, -0.25) is 5.43 Å². The van der Waals surface area contributed by atoms with Crippen LogP contribution in [0.2, 0.25) is 0 Å². The van der Waals surface area contributed by atoms with E-state index in [1.54, 1.807) is 28.1 Å². The van der Waals surface area contributed by atoms with Crippen molar-refractivity contribution in [3.05, 3.63) is 92.5 Å². The van der Waals surface area contributed by atoms with Crippen LogP contribution in [-0.2, 0) is 0 Å². The molecule has 0 atom stereocenters. The van der Waals surface area contributed by atoms with Gasteiger partial charge in [0.05, 0.1) is 27.9 Å². The molecular formula is C28H19N7O2S2. The largest absolute Gasteiger partial charge is 0.422 e. The molecule has 1 N–H and O–H groups in total. The number of tetrazole rings is 1. The van der Waals surface area contributed by atoms with Crippen LogP contribution >= 0.6 is 22.7 Å². The maximum atomic E-state index is 13.1. The first-order valence-corrected chi connectivity index (χ1v) is 13.7. The van der Waals surface area contributed by atoms with Gasteiger partial charge in [-0.05, 0) is 54.6 Å². The molecule has 5 aromatic heterocycles. The third-order valence-electron chi connectivity index (χ3n) is 6.38. The van der Waals surface area contributed by atoms with E-state index in [0.717, 1.165) is 42.9 Å². The summed E-state index contributed by atoms with van der Waals surface area (Å²) in [7, 11) is 0. The minimum atomic E-state index is -0.406. The summed E-state index contributed by atoms with van der Waals surface area (Å²) in [6.45, 7) is 4.12. The van der Waals surface area contributed by atoms with Crippen molar-refractivity contribution in [1.82, 2.24) is 25.0 Å². The Morgan fingerprint density at radius 2 is 1.79 bits per heavy atom. The van der Waals surface area contributed by atoms with Crippen LogP contribution in [0.5, 0.6) is 0 Å². The minimum absolute atomic E-state index is 0.406. The molecule has 0 saturated heterocycles. The number of rotatable bonds is 5. The van der Waals surface area contributed by atoms with Gasteiger partial charge < -0.3 is 4.42 Å². The molecule has 5 heterocycles. The van der Waals surface area contributed by atoms with Gasteiger partial charge in [0.1, 0.15) is 5.58 Å². The lowest BCUT2D eigenvalue weighted by Crippen LogP contribution is -2.02. The number of hydrogen-bond acceptors (Lipinski definition) is 10. The van der Waals surface area contributed by atoms with Crippen molar-refractivity contribution in [2.24, 2.45) is 5.10 Å². The number of para-hydroxylation sites is 2. The van der Waals surface area contributed by atoms with Crippen LogP contribution in [0.4, 0.5) is 5.13 Å². The van der Waals surface area contributed by atoms with E-state index in [4.69, 9.17) is 9.40 Å². The van der Waals surface area contributed by atoms with E-state index >= 15 is 0 Å². The quantitative estimate of drug-likeness (QED) is 0.152. The molecule has 0 bridgehead atoms. The number of anilines is 1. The highest BCUT2D eigenvalue weighted by Crippen LogP contribution is 2.41. The maximum absolute atomic E-state index is 13.1. The Balaban J connectivity index is 1.31. The number of hydrazone groups is 1.